The Morgan fingerprint density at radius 2 is 2.37 bits per heavy atom. The Morgan fingerprint density at radius 3 is 3.00 bits per heavy atom. The summed E-state index contributed by atoms with van der Waals surface area (Å²) < 4.78 is 14.5. The van der Waals surface area contributed by atoms with Crippen molar-refractivity contribution < 1.29 is 9.18 Å². The molecule has 0 radical (unpaired) electrons. The van der Waals surface area contributed by atoms with Crippen LogP contribution in [0.5, 0.6) is 0 Å². The number of carbonyl (C=O) groups excluding carboxylic acids is 1. The molecule has 0 saturated carbocycles. The van der Waals surface area contributed by atoms with Gasteiger partial charge in [0.15, 0.2) is 0 Å². The van der Waals surface area contributed by atoms with Gasteiger partial charge >= 0.3 is 0 Å². The highest BCUT2D eigenvalue weighted by molar-refractivity contribution is 5.90. The van der Waals surface area contributed by atoms with Crippen LogP contribution in [0.15, 0.2) is 24.5 Å². The number of nitrogens with one attached hydrogen (secondary N) is 1. The molecule has 2 rings (SSSR count). The molecule has 0 bridgehead atoms. The Hall–Kier alpha value is -2.75. The monoisotopic (exact) mass is 259 g/mol. The Labute approximate surface area is 108 Å². The summed E-state index contributed by atoms with van der Waals surface area (Å²) in [7, 11) is 0. The number of nitrogens with zero attached hydrogens (tertiary/aromatic N) is 4. The molecule has 0 aliphatic carbocycles. The minimum absolute atomic E-state index is 0.00539. The lowest BCUT2D eigenvalue weighted by molar-refractivity contribution is -0.116. The SMILES string of the molecule is Cc1ccc(NC(=O)Cn2cnc(C#N)n2)cc1F. The molecule has 1 heterocycles. The van der Waals surface area contributed by atoms with Gasteiger partial charge in [-0.2, -0.15) is 5.26 Å². The smallest absolute Gasteiger partial charge is 0.252 e. The maximum atomic E-state index is 13.3. The molecule has 1 aromatic heterocycles. The third-order valence-corrected chi connectivity index (χ3v) is 2.40. The first-order valence-corrected chi connectivity index (χ1v) is 5.44. The number of aryl methyl sites for hydroxylation is 1. The molecule has 2 aromatic rings. The number of hydrogen-bond donors (Lipinski definition) is 1. The standard InChI is InChI=1S/C12H10FN5O/c1-8-2-3-9(4-10(8)13)16-12(19)6-18-7-15-11(5-14)17-18/h2-4,7H,6H2,1H3,(H,16,19). The first-order chi connectivity index (χ1) is 9.08. The number of rotatable bonds is 3. The number of benzene rings is 1. The van der Waals surface area contributed by atoms with E-state index >= 15 is 0 Å². The van der Waals surface area contributed by atoms with Crippen LogP contribution in [0.3, 0.4) is 0 Å². The Balaban J connectivity index is 2.01. The number of amides is 1. The molecule has 0 aliphatic rings. The van der Waals surface area contributed by atoms with Gasteiger partial charge < -0.3 is 5.32 Å². The van der Waals surface area contributed by atoms with Gasteiger partial charge in [-0.25, -0.2) is 14.1 Å². The minimum atomic E-state index is -0.384. The van der Waals surface area contributed by atoms with E-state index in [-0.39, 0.29) is 24.1 Å². The lowest BCUT2D eigenvalue weighted by atomic mass is 10.2. The summed E-state index contributed by atoms with van der Waals surface area (Å²) in [5, 5.41) is 14.8. The van der Waals surface area contributed by atoms with Crippen molar-refractivity contribution in [3.05, 3.63) is 41.7 Å². The molecule has 19 heavy (non-hydrogen) atoms. The Morgan fingerprint density at radius 1 is 1.58 bits per heavy atom. The van der Waals surface area contributed by atoms with Crippen LogP contribution in [0, 0.1) is 24.1 Å². The zero-order chi connectivity index (χ0) is 13.8. The van der Waals surface area contributed by atoms with E-state index in [1.807, 2.05) is 0 Å². The molecular formula is C12H10FN5O. The van der Waals surface area contributed by atoms with Crippen LogP contribution >= 0.6 is 0 Å². The van der Waals surface area contributed by atoms with Gasteiger partial charge in [-0.15, -0.1) is 5.10 Å². The molecule has 0 aliphatic heterocycles. The summed E-state index contributed by atoms with van der Waals surface area (Å²) in [6, 6.07) is 6.19. The Bertz CT molecular complexity index is 658. The van der Waals surface area contributed by atoms with Crippen LogP contribution in [-0.2, 0) is 11.3 Å². The van der Waals surface area contributed by atoms with Crippen molar-refractivity contribution in [2.24, 2.45) is 0 Å². The summed E-state index contributed by atoms with van der Waals surface area (Å²) in [5.74, 6) is -0.767. The molecule has 7 heteroatoms. The van der Waals surface area contributed by atoms with E-state index in [9.17, 15) is 9.18 Å². The van der Waals surface area contributed by atoms with E-state index in [1.54, 1.807) is 25.1 Å². The maximum Gasteiger partial charge on any atom is 0.252 e. The van der Waals surface area contributed by atoms with E-state index in [0.717, 1.165) is 0 Å². The van der Waals surface area contributed by atoms with Crippen LogP contribution in [0.4, 0.5) is 10.1 Å². The molecule has 96 valence electrons. The lowest BCUT2D eigenvalue weighted by Gasteiger charge is -2.06. The van der Waals surface area contributed by atoms with Crippen molar-refractivity contribution in [1.29, 1.82) is 5.26 Å². The fraction of sp³-hybridized carbons (Fsp3) is 0.167. The summed E-state index contributed by atoms with van der Waals surface area (Å²) in [5.41, 5.74) is 0.877. The van der Waals surface area contributed by atoms with Gasteiger partial charge in [0.05, 0.1) is 0 Å². The molecule has 1 N–H and O–H groups in total. The van der Waals surface area contributed by atoms with Crippen LogP contribution in [-0.4, -0.2) is 20.7 Å². The number of anilines is 1. The fourth-order valence-corrected chi connectivity index (χ4v) is 1.44. The largest absolute Gasteiger partial charge is 0.324 e. The van der Waals surface area contributed by atoms with E-state index < -0.39 is 0 Å². The van der Waals surface area contributed by atoms with Gasteiger partial charge in [-0.3, -0.25) is 4.79 Å². The molecule has 0 atom stereocenters. The van der Waals surface area contributed by atoms with Crippen molar-refractivity contribution in [3.63, 3.8) is 0 Å². The van der Waals surface area contributed by atoms with E-state index in [4.69, 9.17) is 5.26 Å². The zero-order valence-electron chi connectivity index (χ0n) is 10.1. The van der Waals surface area contributed by atoms with E-state index in [2.05, 4.69) is 15.4 Å². The molecule has 1 aromatic carbocycles. The number of carbonyl (C=O) groups is 1. The zero-order valence-corrected chi connectivity index (χ0v) is 10.1. The van der Waals surface area contributed by atoms with Gasteiger partial charge in [-0.05, 0) is 24.6 Å². The van der Waals surface area contributed by atoms with Gasteiger partial charge in [0.2, 0.25) is 5.91 Å². The molecule has 0 saturated heterocycles. The average molecular weight is 259 g/mol. The second-order valence-electron chi connectivity index (χ2n) is 3.89. The van der Waals surface area contributed by atoms with Crippen LogP contribution in [0.2, 0.25) is 0 Å². The summed E-state index contributed by atoms with van der Waals surface area (Å²) in [6.07, 6.45) is 1.29. The molecule has 0 fully saturated rings. The van der Waals surface area contributed by atoms with Crippen LogP contribution in [0.25, 0.3) is 0 Å². The highest BCUT2D eigenvalue weighted by Gasteiger charge is 2.07. The third-order valence-electron chi connectivity index (χ3n) is 2.40. The minimum Gasteiger partial charge on any atom is -0.324 e. The van der Waals surface area contributed by atoms with Crippen molar-refractivity contribution in [2.75, 3.05) is 5.32 Å². The summed E-state index contributed by atoms with van der Waals surface area (Å²) >= 11 is 0. The summed E-state index contributed by atoms with van der Waals surface area (Å²) in [4.78, 5) is 15.3. The van der Waals surface area contributed by atoms with Crippen molar-refractivity contribution in [2.45, 2.75) is 13.5 Å². The number of nitriles is 1. The normalized spacial score (nSPS) is 9.95. The van der Waals surface area contributed by atoms with Crippen LogP contribution in [0.1, 0.15) is 11.4 Å². The van der Waals surface area contributed by atoms with Gasteiger partial charge in [0.1, 0.15) is 24.8 Å². The highest BCUT2D eigenvalue weighted by atomic mass is 19.1. The van der Waals surface area contributed by atoms with Crippen molar-refractivity contribution in [3.8, 4) is 6.07 Å². The van der Waals surface area contributed by atoms with Crippen molar-refractivity contribution in [1.82, 2.24) is 14.8 Å². The van der Waals surface area contributed by atoms with Gasteiger partial charge in [0, 0.05) is 5.69 Å². The second kappa shape index (κ2) is 5.27. The summed E-state index contributed by atoms with van der Waals surface area (Å²) in [6.45, 7) is 1.55. The van der Waals surface area contributed by atoms with E-state index in [0.29, 0.717) is 11.3 Å². The molecule has 0 spiro atoms. The maximum absolute atomic E-state index is 13.3. The quantitative estimate of drug-likeness (QED) is 0.898. The number of halogens is 1. The first-order valence-electron chi connectivity index (χ1n) is 5.44. The number of hydrogen-bond acceptors (Lipinski definition) is 4. The van der Waals surface area contributed by atoms with E-state index in [1.165, 1.54) is 17.1 Å². The number of aromatic nitrogens is 3. The molecule has 6 nitrogen and oxygen atoms in total. The topological polar surface area (TPSA) is 83.6 Å². The molecular weight excluding hydrogens is 249 g/mol. The first kappa shape index (κ1) is 12.7. The van der Waals surface area contributed by atoms with Crippen molar-refractivity contribution >= 4 is 11.6 Å². The lowest BCUT2D eigenvalue weighted by Crippen LogP contribution is -2.19. The van der Waals surface area contributed by atoms with Gasteiger partial charge in [-0.1, -0.05) is 6.07 Å². The fourth-order valence-electron chi connectivity index (χ4n) is 1.44. The van der Waals surface area contributed by atoms with Gasteiger partial charge in [0.25, 0.3) is 5.82 Å². The third kappa shape index (κ3) is 3.13. The second-order valence-corrected chi connectivity index (χ2v) is 3.89. The van der Waals surface area contributed by atoms with Crippen LogP contribution < -0.4 is 5.32 Å². The predicted octanol–water partition coefficient (Wildman–Crippen LogP) is 1.24. The predicted molar refractivity (Wildman–Crippen MR) is 64.5 cm³/mol. The molecule has 0 unspecified atom stereocenters. The molecule has 1 amide bonds. The Kier molecular flexibility index (Phi) is 3.52. The average Bonchev–Trinajstić information content (AvgIpc) is 2.81. The highest BCUT2D eigenvalue weighted by Crippen LogP contribution is 2.13.